The quantitative estimate of drug-likeness (QED) is 0.909. The highest BCUT2D eigenvalue weighted by atomic mass is 35.5. The van der Waals surface area contributed by atoms with Gasteiger partial charge in [-0.2, -0.15) is 5.26 Å². The third-order valence-corrected chi connectivity index (χ3v) is 4.61. The summed E-state index contributed by atoms with van der Waals surface area (Å²) in [7, 11) is -3.68. The molecule has 0 spiro atoms. The minimum Gasteiger partial charge on any atom is -0.207 e. The summed E-state index contributed by atoms with van der Waals surface area (Å²) in [5.41, 5.74) is 0. The van der Waals surface area contributed by atoms with E-state index in [1.165, 1.54) is 18.2 Å². The van der Waals surface area contributed by atoms with Crippen LogP contribution in [-0.4, -0.2) is 14.5 Å². The maximum Gasteiger partial charge on any atom is 0.240 e. The number of benzene rings is 1. The Labute approximate surface area is 117 Å². The molecule has 0 aliphatic heterocycles. The molecule has 1 atom stereocenters. The molecule has 1 unspecified atom stereocenters. The third kappa shape index (κ3) is 3.85. The first kappa shape index (κ1) is 15.3. The molecule has 1 aromatic rings. The van der Waals surface area contributed by atoms with Gasteiger partial charge in [0.05, 0.1) is 27.4 Å². The van der Waals surface area contributed by atoms with Crippen LogP contribution in [0.4, 0.5) is 0 Å². The zero-order chi connectivity index (χ0) is 13.8. The van der Waals surface area contributed by atoms with Crippen molar-refractivity contribution in [3.8, 4) is 6.07 Å². The summed E-state index contributed by atoms with van der Waals surface area (Å²) >= 11 is 11.5. The summed E-state index contributed by atoms with van der Waals surface area (Å²) in [6.07, 6.45) is 0.658. The van der Waals surface area contributed by atoms with Crippen molar-refractivity contribution in [2.75, 3.05) is 0 Å². The summed E-state index contributed by atoms with van der Waals surface area (Å²) in [6.45, 7) is 1.80. The van der Waals surface area contributed by atoms with E-state index in [2.05, 4.69) is 4.72 Å². The largest absolute Gasteiger partial charge is 0.240 e. The number of hydrogen-bond acceptors (Lipinski definition) is 3. The van der Waals surface area contributed by atoms with E-state index in [0.29, 0.717) is 11.4 Å². The van der Waals surface area contributed by atoms with Crippen LogP contribution in [0.5, 0.6) is 0 Å². The van der Waals surface area contributed by atoms with Crippen LogP contribution in [0.2, 0.25) is 10.0 Å². The lowest BCUT2D eigenvalue weighted by Gasteiger charge is -2.14. The zero-order valence-corrected chi connectivity index (χ0v) is 12.0. The summed E-state index contributed by atoms with van der Waals surface area (Å²) < 4.78 is 26.5. The number of nitriles is 1. The van der Waals surface area contributed by atoms with Crippen LogP contribution in [0.25, 0.3) is 0 Å². The number of hydrogen-bond donors (Lipinski definition) is 1. The van der Waals surface area contributed by atoms with Crippen LogP contribution < -0.4 is 4.72 Å². The topological polar surface area (TPSA) is 70.0 Å². The minimum atomic E-state index is -3.68. The van der Waals surface area contributed by atoms with Crippen molar-refractivity contribution >= 4 is 33.2 Å². The van der Waals surface area contributed by atoms with Gasteiger partial charge in [0, 0.05) is 6.04 Å². The number of rotatable bonds is 5. The van der Waals surface area contributed by atoms with E-state index in [1.807, 2.05) is 6.07 Å². The lowest BCUT2D eigenvalue weighted by atomic mass is 10.2. The first-order valence-corrected chi connectivity index (χ1v) is 7.49. The molecule has 98 valence electrons. The van der Waals surface area contributed by atoms with Gasteiger partial charge < -0.3 is 0 Å². The molecule has 0 radical (unpaired) electrons. The molecule has 0 saturated carbocycles. The van der Waals surface area contributed by atoms with Gasteiger partial charge in [-0.05, 0) is 24.6 Å². The van der Waals surface area contributed by atoms with E-state index < -0.39 is 16.1 Å². The summed E-state index contributed by atoms with van der Waals surface area (Å²) in [6, 6.07) is 5.61. The van der Waals surface area contributed by atoms with E-state index >= 15 is 0 Å². The SMILES string of the molecule is CCC(CC#N)NS(=O)(=O)c1ccc(Cl)c(Cl)c1. The monoisotopic (exact) mass is 306 g/mol. The molecule has 0 fully saturated rings. The predicted molar refractivity (Wildman–Crippen MR) is 71.1 cm³/mol. The first-order valence-electron chi connectivity index (χ1n) is 5.25. The highest BCUT2D eigenvalue weighted by Gasteiger charge is 2.19. The summed E-state index contributed by atoms with van der Waals surface area (Å²) in [5.74, 6) is 0. The molecular weight excluding hydrogens is 295 g/mol. The van der Waals surface area contributed by atoms with Gasteiger partial charge in [0.1, 0.15) is 0 Å². The molecule has 18 heavy (non-hydrogen) atoms. The van der Waals surface area contributed by atoms with E-state index in [9.17, 15) is 8.42 Å². The molecular formula is C11H12Cl2N2O2S. The van der Waals surface area contributed by atoms with Crippen molar-refractivity contribution in [1.82, 2.24) is 4.72 Å². The minimum absolute atomic E-state index is 0.0355. The second kappa shape index (κ2) is 6.39. The molecule has 0 bridgehead atoms. The van der Waals surface area contributed by atoms with Crippen molar-refractivity contribution < 1.29 is 8.42 Å². The first-order chi connectivity index (χ1) is 8.40. The van der Waals surface area contributed by atoms with Gasteiger partial charge in [0.2, 0.25) is 10.0 Å². The van der Waals surface area contributed by atoms with E-state index in [-0.39, 0.29) is 16.3 Å². The second-order valence-electron chi connectivity index (χ2n) is 3.66. The highest BCUT2D eigenvalue weighted by molar-refractivity contribution is 7.89. The van der Waals surface area contributed by atoms with E-state index in [1.54, 1.807) is 6.92 Å². The van der Waals surface area contributed by atoms with Gasteiger partial charge in [-0.15, -0.1) is 0 Å². The van der Waals surface area contributed by atoms with Crippen LogP contribution >= 0.6 is 23.2 Å². The molecule has 1 rings (SSSR count). The molecule has 0 heterocycles. The van der Waals surface area contributed by atoms with Crippen LogP contribution in [0.3, 0.4) is 0 Å². The molecule has 7 heteroatoms. The fourth-order valence-electron chi connectivity index (χ4n) is 1.31. The normalized spacial score (nSPS) is 13.0. The van der Waals surface area contributed by atoms with Crippen molar-refractivity contribution in [2.24, 2.45) is 0 Å². The Morgan fingerprint density at radius 1 is 1.39 bits per heavy atom. The maximum atomic E-state index is 12.0. The third-order valence-electron chi connectivity index (χ3n) is 2.35. The molecule has 1 N–H and O–H groups in total. The van der Waals surface area contributed by atoms with Gasteiger partial charge in [-0.25, -0.2) is 13.1 Å². The zero-order valence-electron chi connectivity index (χ0n) is 9.65. The van der Waals surface area contributed by atoms with Gasteiger partial charge in [0.15, 0.2) is 0 Å². The van der Waals surface area contributed by atoms with Crippen molar-refractivity contribution in [1.29, 1.82) is 5.26 Å². The van der Waals surface area contributed by atoms with Crippen molar-refractivity contribution in [3.05, 3.63) is 28.2 Å². The van der Waals surface area contributed by atoms with E-state index in [0.717, 1.165) is 0 Å². The molecule has 0 saturated heterocycles. The average Bonchev–Trinajstić information content (AvgIpc) is 2.31. The Balaban J connectivity index is 2.99. The summed E-state index contributed by atoms with van der Waals surface area (Å²) in [5, 5.41) is 9.06. The van der Waals surface area contributed by atoms with E-state index in [4.69, 9.17) is 28.5 Å². The molecule has 0 amide bonds. The van der Waals surface area contributed by atoms with Gasteiger partial charge in [-0.1, -0.05) is 30.1 Å². The maximum absolute atomic E-state index is 12.0. The number of nitrogens with one attached hydrogen (secondary N) is 1. The fourth-order valence-corrected chi connectivity index (χ4v) is 3.02. The Kier molecular flexibility index (Phi) is 5.42. The smallest absolute Gasteiger partial charge is 0.207 e. The van der Waals surface area contributed by atoms with Crippen LogP contribution in [-0.2, 0) is 10.0 Å². The average molecular weight is 307 g/mol. The van der Waals surface area contributed by atoms with Crippen molar-refractivity contribution in [3.63, 3.8) is 0 Å². The Hall–Kier alpha value is -0.800. The fraction of sp³-hybridized carbons (Fsp3) is 0.364. The number of nitrogens with zero attached hydrogens (tertiary/aromatic N) is 1. The number of halogens is 2. The standard InChI is InChI=1S/C11H12Cl2N2O2S/c1-2-8(5-6-14)15-18(16,17)9-3-4-10(12)11(13)7-9/h3-4,7-8,15H,2,5H2,1H3. The van der Waals surface area contributed by atoms with Gasteiger partial charge in [0.25, 0.3) is 0 Å². The molecule has 0 aliphatic carbocycles. The molecule has 0 aromatic heterocycles. The van der Waals surface area contributed by atoms with Crippen LogP contribution in [0, 0.1) is 11.3 Å². The Morgan fingerprint density at radius 3 is 2.56 bits per heavy atom. The number of sulfonamides is 1. The Morgan fingerprint density at radius 2 is 2.06 bits per heavy atom. The second-order valence-corrected chi connectivity index (χ2v) is 6.19. The molecule has 4 nitrogen and oxygen atoms in total. The van der Waals surface area contributed by atoms with Crippen LogP contribution in [0.15, 0.2) is 23.1 Å². The molecule has 0 aliphatic rings. The lowest BCUT2D eigenvalue weighted by molar-refractivity contribution is 0.543. The van der Waals surface area contributed by atoms with Gasteiger partial charge in [-0.3, -0.25) is 0 Å². The van der Waals surface area contributed by atoms with Gasteiger partial charge >= 0.3 is 0 Å². The van der Waals surface area contributed by atoms with Crippen molar-refractivity contribution in [2.45, 2.75) is 30.7 Å². The lowest BCUT2D eigenvalue weighted by Crippen LogP contribution is -2.34. The Bertz CT molecular complexity index is 567. The predicted octanol–water partition coefficient (Wildman–Crippen LogP) is 2.96. The highest BCUT2D eigenvalue weighted by Crippen LogP contribution is 2.24. The summed E-state index contributed by atoms with van der Waals surface area (Å²) in [4.78, 5) is 0.0355. The van der Waals surface area contributed by atoms with Crippen LogP contribution in [0.1, 0.15) is 19.8 Å². The molecule has 1 aromatic carbocycles.